The van der Waals surface area contributed by atoms with Crippen LogP contribution in [0.2, 0.25) is 0 Å². The first-order valence-corrected chi connectivity index (χ1v) is 10.1. The lowest BCUT2D eigenvalue weighted by Crippen LogP contribution is -2.02. The van der Waals surface area contributed by atoms with E-state index in [9.17, 15) is 4.79 Å². The first-order chi connectivity index (χ1) is 12.2. The third-order valence-electron chi connectivity index (χ3n) is 4.58. The van der Waals surface area contributed by atoms with Gasteiger partial charge in [0.25, 0.3) is 0 Å². The maximum atomic E-state index is 10.9. The molecule has 0 aliphatic heterocycles. The predicted octanol–water partition coefficient (Wildman–Crippen LogP) is 6.73. The highest BCUT2D eigenvalue weighted by Crippen LogP contribution is 2.15. The Balaban J connectivity index is 2.29. The van der Waals surface area contributed by atoms with Gasteiger partial charge in [-0.2, -0.15) is 0 Å². The molecule has 1 aromatic carbocycles. The molecule has 0 saturated heterocycles. The van der Waals surface area contributed by atoms with Crippen LogP contribution in [0.4, 0.5) is 0 Å². The Morgan fingerprint density at radius 1 is 0.920 bits per heavy atom. The maximum absolute atomic E-state index is 10.9. The van der Waals surface area contributed by atoms with Crippen molar-refractivity contribution in [3.8, 4) is 0 Å². The molecule has 0 aliphatic rings. The third kappa shape index (κ3) is 10.8. The molecule has 2 nitrogen and oxygen atoms in total. The highest BCUT2D eigenvalue weighted by Gasteiger charge is 2.00. The fourth-order valence-corrected chi connectivity index (χ4v) is 2.92. The van der Waals surface area contributed by atoms with E-state index in [1.54, 1.807) is 0 Å². The van der Waals surface area contributed by atoms with Gasteiger partial charge in [-0.05, 0) is 36.0 Å². The van der Waals surface area contributed by atoms with Crippen molar-refractivity contribution < 1.29 is 9.53 Å². The highest BCUT2D eigenvalue weighted by molar-refractivity contribution is 5.66. The molecule has 0 amide bonds. The lowest BCUT2D eigenvalue weighted by atomic mass is 10.0. The molecule has 0 bridgehead atoms. The number of carbonyl (C=O) groups excluding carboxylic acids is 1. The number of hydrogen-bond acceptors (Lipinski definition) is 2. The van der Waals surface area contributed by atoms with Gasteiger partial charge >= 0.3 is 5.97 Å². The minimum atomic E-state index is -0.222. The Bertz CT molecular complexity index is 499. The maximum Gasteiger partial charge on any atom is 0.302 e. The summed E-state index contributed by atoms with van der Waals surface area (Å²) in [6.45, 7) is 6.20. The van der Waals surface area contributed by atoms with E-state index in [1.165, 1.54) is 75.8 Å². The average Bonchev–Trinajstić information content (AvgIpc) is 2.62. The summed E-state index contributed by atoms with van der Waals surface area (Å²) in [6, 6.07) is 8.80. The predicted molar refractivity (Wildman–Crippen MR) is 108 cm³/mol. The van der Waals surface area contributed by atoms with Gasteiger partial charge in [-0.15, -0.1) is 0 Å². The fraction of sp³-hybridized carbons (Fsp3) is 0.609. The molecule has 25 heavy (non-hydrogen) atoms. The second kappa shape index (κ2) is 13.7. The van der Waals surface area contributed by atoms with E-state index in [1.807, 2.05) is 0 Å². The van der Waals surface area contributed by atoms with Crippen molar-refractivity contribution in [2.45, 2.75) is 85.0 Å². The van der Waals surface area contributed by atoms with E-state index in [4.69, 9.17) is 4.74 Å². The SMILES string of the molecule is CCCCCCCCCCc1ccc(C=C(CC)COC(C)=O)cc1. The largest absolute Gasteiger partial charge is 0.461 e. The van der Waals surface area contributed by atoms with Gasteiger partial charge < -0.3 is 4.74 Å². The molecule has 0 saturated carbocycles. The molecule has 1 rings (SSSR count). The summed E-state index contributed by atoms with van der Waals surface area (Å²) in [5.74, 6) is -0.222. The second-order valence-corrected chi connectivity index (χ2v) is 6.90. The smallest absolute Gasteiger partial charge is 0.302 e. The van der Waals surface area contributed by atoms with Gasteiger partial charge in [0.1, 0.15) is 6.61 Å². The summed E-state index contributed by atoms with van der Waals surface area (Å²) >= 11 is 0. The minimum Gasteiger partial charge on any atom is -0.461 e. The number of esters is 1. The molecule has 0 radical (unpaired) electrons. The molecule has 0 aromatic heterocycles. The van der Waals surface area contributed by atoms with Gasteiger partial charge in [0.05, 0.1) is 0 Å². The zero-order valence-electron chi connectivity index (χ0n) is 16.5. The Labute approximate surface area is 154 Å². The van der Waals surface area contributed by atoms with Crippen LogP contribution in [0.25, 0.3) is 6.08 Å². The Morgan fingerprint density at radius 3 is 2.08 bits per heavy atom. The van der Waals surface area contributed by atoms with E-state index < -0.39 is 0 Å². The van der Waals surface area contributed by atoms with Gasteiger partial charge in [-0.1, -0.05) is 89.1 Å². The van der Waals surface area contributed by atoms with Crippen molar-refractivity contribution in [2.75, 3.05) is 6.61 Å². The van der Waals surface area contributed by atoms with Gasteiger partial charge in [-0.3, -0.25) is 4.79 Å². The van der Waals surface area contributed by atoms with Crippen LogP contribution < -0.4 is 0 Å². The number of hydrogen-bond donors (Lipinski definition) is 0. The number of benzene rings is 1. The van der Waals surface area contributed by atoms with E-state index in [2.05, 4.69) is 44.2 Å². The van der Waals surface area contributed by atoms with Crippen molar-refractivity contribution in [1.29, 1.82) is 0 Å². The minimum absolute atomic E-state index is 0.222. The topological polar surface area (TPSA) is 26.3 Å². The lowest BCUT2D eigenvalue weighted by Gasteiger charge is -2.06. The molecule has 0 heterocycles. The highest BCUT2D eigenvalue weighted by atomic mass is 16.5. The lowest BCUT2D eigenvalue weighted by molar-refractivity contribution is -0.139. The molecule has 0 spiro atoms. The number of ether oxygens (including phenoxy) is 1. The molecule has 1 aromatic rings. The Hall–Kier alpha value is -1.57. The van der Waals surface area contributed by atoms with Crippen LogP contribution in [0, 0.1) is 0 Å². The fourth-order valence-electron chi connectivity index (χ4n) is 2.92. The number of unbranched alkanes of at least 4 members (excludes halogenated alkanes) is 7. The van der Waals surface area contributed by atoms with Crippen LogP contribution in [-0.4, -0.2) is 12.6 Å². The summed E-state index contributed by atoms with van der Waals surface area (Å²) in [5.41, 5.74) is 3.75. The molecular formula is C23H36O2. The number of rotatable bonds is 13. The van der Waals surface area contributed by atoms with Crippen LogP contribution in [0.5, 0.6) is 0 Å². The van der Waals surface area contributed by atoms with Crippen LogP contribution >= 0.6 is 0 Å². The molecule has 0 atom stereocenters. The van der Waals surface area contributed by atoms with E-state index in [0.717, 1.165) is 12.0 Å². The summed E-state index contributed by atoms with van der Waals surface area (Å²) in [7, 11) is 0. The summed E-state index contributed by atoms with van der Waals surface area (Å²) in [4.78, 5) is 10.9. The summed E-state index contributed by atoms with van der Waals surface area (Å²) < 4.78 is 5.09. The molecule has 0 fully saturated rings. The standard InChI is InChI=1S/C23H36O2/c1-4-6-7-8-9-10-11-12-13-22-14-16-23(17-15-22)18-21(5-2)19-25-20(3)24/h14-18H,4-13,19H2,1-3H3. The molecule has 0 unspecified atom stereocenters. The zero-order chi connectivity index (χ0) is 18.3. The first kappa shape index (κ1) is 21.5. The second-order valence-electron chi connectivity index (χ2n) is 6.90. The molecule has 140 valence electrons. The number of carbonyl (C=O) groups is 1. The average molecular weight is 345 g/mol. The molecule has 0 N–H and O–H groups in total. The van der Waals surface area contributed by atoms with Gasteiger partial charge in [0, 0.05) is 6.92 Å². The molecule has 2 heteroatoms. The van der Waals surface area contributed by atoms with Crippen molar-refractivity contribution in [2.24, 2.45) is 0 Å². The monoisotopic (exact) mass is 344 g/mol. The number of aryl methyl sites for hydroxylation is 1. The van der Waals surface area contributed by atoms with Crippen molar-refractivity contribution in [3.05, 3.63) is 41.0 Å². The van der Waals surface area contributed by atoms with Crippen molar-refractivity contribution in [3.63, 3.8) is 0 Å². The Kier molecular flexibility index (Phi) is 11.8. The van der Waals surface area contributed by atoms with Gasteiger partial charge in [-0.25, -0.2) is 0 Å². The quantitative estimate of drug-likeness (QED) is 0.293. The van der Waals surface area contributed by atoms with Crippen LogP contribution in [0.3, 0.4) is 0 Å². The zero-order valence-corrected chi connectivity index (χ0v) is 16.5. The summed E-state index contributed by atoms with van der Waals surface area (Å²) in [6.07, 6.45) is 15.1. The van der Waals surface area contributed by atoms with Crippen LogP contribution in [0.15, 0.2) is 29.8 Å². The van der Waals surface area contributed by atoms with Crippen LogP contribution in [-0.2, 0) is 16.0 Å². The first-order valence-electron chi connectivity index (χ1n) is 10.1. The van der Waals surface area contributed by atoms with Gasteiger partial charge in [0.2, 0.25) is 0 Å². The third-order valence-corrected chi connectivity index (χ3v) is 4.58. The van der Waals surface area contributed by atoms with E-state index >= 15 is 0 Å². The summed E-state index contributed by atoms with van der Waals surface area (Å²) in [5, 5.41) is 0. The van der Waals surface area contributed by atoms with E-state index in [-0.39, 0.29) is 5.97 Å². The Morgan fingerprint density at radius 2 is 1.52 bits per heavy atom. The van der Waals surface area contributed by atoms with E-state index in [0.29, 0.717) is 6.61 Å². The molecular weight excluding hydrogens is 308 g/mol. The van der Waals surface area contributed by atoms with Crippen LogP contribution in [0.1, 0.15) is 89.7 Å². The molecule has 0 aliphatic carbocycles. The van der Waals surface area contributed by atoms with Crippen molar-refractivity contribution >= 4 is 12.0 Å². The van der Waals surface area contributed by atoms with Gasteiger partial charge in [0.15, 0.2) is 0 Å². The normalized spacial score (nSPS) is 11.6. The van der Waals surface area contributed by atoms with Crippen molar-refractivity contribution in [1.82, 2.24) is 0 Å².